The number of aryl methyl sites for hydroxylation is 2. The molecule has 0 heterocycles. The molecule has 0 saturated carbocycles. The fraction of sp³-hybridized carbons (Fsp3) is 0.182. The molecule has 0 atom stereocenters. The zero-order chi connectivity index (χ0) is 18.6. The van der Waals surface area contributed by atoms with E-state index < -0.39 is 0 Å². The van der Waals surface area contributed by atoms with Gasteiger partial charge in [-0.2, -0.15) is 5.10 Å². The van der Waals surface area contributed by atoms with E-state index in [2.05, 4.69) is 68.9 Å². The predicted molar refractivity (Wildman–Crippen MR) is 117 cm³/mol. The molecule has 5 heteroatoms. The van der Waals surface area contributed by atoms with E-state index in [0.717, 1.165) is 28.6 Å². The van der Waals surface area contributed by atoms with E-state index in [0.29, 0.717) is 5.75 Å². The topological polar surface area (TPSA) is 41.5 Å². The molecule has 27 heavy (non-hydrogen) atoms. The van der Waals surface area contributed by atoms with E-state index in [9.17, 15) is 4.79 Å². The number of hydrogen-bond acceptors (Lipinski definition) is 3. The lowest BCUT2D eigenvalue weighted by atomic mass is 10.0. The van der Waals surface area contributed by atoms with Crippen LogP contribution in [0.25, 0.3) is 10.8 Å². The summed E-state index contributed by atoms with van der Waals surface area (Å²) in [4.78, 5) is 12.0. The molecule has 0 aromatic heterocycles. The molecule has 3 aromatic carbocycles. The standard InChI is InChI=1S/C22H19BrN2OS/c23-19-5-1-3-15(11-19)13-27-14-21(26)25-24-12-18-10-9-17-8-7-16-4-2-6-20(18)22(16)17/h1-6,9-12H,7-8,13-14H2,(H,25,26)/b24-12-. The Labute approximate surface area is 171 Å². The average molecular weight is 439 g/mol. The number of benzene rings is 3. The summed E-state index contributed by atoms with van der Waals surface area (Å²) in [7, 11) is 0. The van der Waals surface area contributed by atoms with Crippen LogP contribution in [0, 0.1) is 0 Å². The fourth-order valence-electron chi connectivity index (χ4n) is 3.48. The summed E-state index contributed by atoms with van der Waals surface area (Å²) in [6.07, 6.45) is 3.97. The van der Waals surface area contributed by atoms with E-state index in [-0.39, 0.29) is 5.91 Å². The molecule has 1 amide bonds. The van der Waals surface area contributed by atoms with Crippen molar-refractivity contribution in [3.05, 3.63) is 81.3 Å². The molecule has 3 nitrogen and oxygen atoms in total. The van der Waals surface area contributed by atoms with Crippen molar-refractivity contribution in [1.82, 2.24) is 5.43 Å². The molecule has 0 radical (unpaired) electrons. The first-order valence-corrected chi connectivity index (χ1v) is 10.8. The lowest BCUT2D eigenvalue weighted by Gasteiger charge is -2.05. The summed E-state index contributed by atoms with van der Waals surface area (Å²) in [6, 6.07) is 18.8. The van der Waals surface area contributed by atoms with Crippen molar-refractivity contribution < 1.29 is 4.79 Å². The number of rotatable bonds is 6. The Hall–Kier alpha value is -2.11. The molecule has 0 bridgehead atoms. The molecule has 3 aromatic rings. The van der Waals surface area contributed by atoms with Gasteiger partial charge in [0.2, 0.25) is 5.91 Å². The van der Waals surface area contributed by atoms with E-state index in [1.54, 1.807) is 18.0 Å². The summed E-state index contributed by atoms with van der Waals surface area (Å²) in [5, 5.41) is 6.74. The van der Waals surface area contributed by atoms with Gasteiger partial charge in [0.25, 0.3) is 0 Å². The molecule has 4 rings (SSSR count). The minimum atomic E-state index is -0.0859. The third-order valence-electron chi connectivity index (χ3n) is 4.69. The Morgan fingerprint density at radius 2 is 1.93 bits per heavy atom. The van der Waals surface area contributed by atoms with E-state index in [4.69, 9.17) is 0 Å². The number of carbonyl (C=O) groups is 1. The minimum absolute atomic E-state index is 0.0859. The SMILES string of the molecule is O=C(CSCc1cccc(Br)c1)N/N=C\c1ccc2c3c(cccc13)CC2. The quantitative estimate of drug-likeness (QED) is 0.430. The molecular formula is C22H19BrN2OS. The van der Waals surface area contributed by atoms with Crippen LogP contribution in [0.4, 0.5) is 0 Å². The highest BCUT2D eigenvalue weighted by Gasteiger charge is 2.14. The molecule has 1 aliphatic rings. The van der Waals surface area contributed by atoms with Crippen molar-refractivity contribution in [2.45, 2.75) is 18.6 Å². The second-order valence-corrected chi connectivity index (χ2v) is 8.47. The summed E-state index contributed by atoms with van der Waals surface area (Å²) in [5.41, 5.74) is 7.69. The molecule has 1 aliphatic carbocycles. The molecule has 0 saturated heterocycles. The average Bonchev–Trinajstić information content (AvgIpc) is 3.09. The van der Waals surface area contributed by atoms with Crippen LogP contribution in [0.3, 0.4) is 0 Å². The maximum absolute atomic E-state index is 12.0. The first kappa shape index (κ1) is 18.3. The van der Waals surface area contributed by atoms with E-state index >= 15 is 0 Å². The smallest absolute Gasteiger partial charge is 0.250 e. The monoisotopic (exact) mass is 438 g/mol. The summed E-state index contributed by atoms with van der Waals surface area (Å²) in [5.74, 6) is 1.09. The zero-order valence-corrected chi connectivity index (χ0v) is 17.1. The molecule has 0 aliphatic heterocycles. The molecule has 1 N–H and O–H groups in total. The molecule has 0 spiro atoms. The molecule has 0 fully saturated rings. The number of nitrogens with one attached hydrogen (secondary N) is 1. The van der Waals surface area contributed by atoms with Gasteiger partial charge < -0.3 is 0 Å². The van der Waals surface area contributed by atoms with Crippen LogP contribution < -0.4 is 5.43 Å². The van der Waals surface area contributed by atoms with Gasteiger partial charge in [-0.15, -0.1) is 11.8 Å². The van der Waals surface area contributed by atoms with Crippen LogP contribution in [0.15, 0.2) is 64.2 Å². The second kappa shape index (κ2) is 8.28. The lowest BCUT2D eigenvalue weighted by Crippen LogP contribution is -2.19. The third-order valence-corrected chi connectivity index (χ3v) is 6.19. The molecular weight excluding hydrogens is 420 g/mol. The van der Waals surface area contributed by atoms with Crippen molar-refractivity contribution in [2.24, 2.45) is 5.10 Å². The largest absolute Gasteiger partial charge is 0.272 e. The first-order valence-electron chi connectivity index (χ1n) is 8.88. The second-order valence-electron chi connectivity index (χ2n) is 6.57. The number of hydrazone groups is 1. The minimum Gasteiger partial charge on any atom is -0.272 e. The Kier molecular flexibility index (Phi) is 5.60. The van der Waals surface area contributed by atoms with Crippen molar-refractivity contribution in [3.8, 4) is 0 Å². The molecule has 136 valence electrons. The number of hydrogen-bond donors (Lipinski definition) is 1. The van der Waals surface area contributed by atoms with Crippen LogP contribution >= 0.6 is 27.7 Å². The Balaban J connectivity index is 1.34. The number of carbonyl (C=O) groups excluding carboxylic acids is 1. The van der Waals surface area contributed by atoms with Gasteiger partial charge in [0.15, 0.2) is 0 Å². The molecule has 0 unspecified atom stereocenters. The van der Waals surface area contributed by atoms with Crippen molar-refractivity contribution in [3.63, 3.8) is 0 Å². The predicted octanol–water partition coefficient (Wildman–Crippen LogP) is 5.08. The number of halogens is 1. The van der Waals surface area contributed by atoms with Crippen LogP contribution in [0.2, 0.25) is 0 Å². The maximum Gasteiger partial charge on any atom is 0.250 e. The van der Waals surface area contributed by atoms with Gasteiger partial charge in [0.1, 0.15) is 0 Å². The highest BCUT2D eigenvalue weighted by atomic mass is 79.9. The van der Waals surface area contributed by atoms with Gasteiger partial charge in [-0.05, 0) is 52.4 Å². The third kappa shape index (κ3) is 4.25. The fourth-order valence-corrected chi connectivity index (χ4v) is 4.69. The summed E-state index contributed by atoms with van der Waals surface area (Å²) >= 11 is 5.04. The number of nitrogens with zero attached hydrogens (tertiary/aromatic N) is 1. The maximum atomic E-state index is 12.0. The first-order chi connectivity index (χ1) is 13.2. The van der Waals surface area contributed by atoms with Crippen LogP contribution in [0.5, 0.6) is 0 Å². The Bertz CT molecular complexity index is 1020. The summed E-state index contributed by atoms with van der Waals surface area (Å²) in [6.45, 7) is 0. The van der Waals surface area contributed by atoms with Gasteiger partial charge in [0, 0.05) is 15.8 Å². The highest BCUT2D eigenvalue weighted by molar-refractivity contribution is 9.10. The van der Waals surface area contributed by atoms with Crippen molar-refractivity contribution in [2.75, 3.05) is 5.75 Å². The summed E-state index contributed by atoms with van der Waals surface area (Å²) < 4.78 is 1.06. The Morgan fingerprint density at radius 3 is 2.78 bits per heavy atom. The van der Waals surface area contributed by atoms with E-state index in [1.807, 2.05) is 12.1 Å². The highest BCUT2D eigenvalue weighted by Crippen LogP contribution is 2.32. The van der Waals surface area contributed by atoms with E-state index in [1.165, 1.54) is 27.5 Å². The van der Waals surface area contributed by atoms with Crippen molar-refractivity contribution >= 4 is 50.6 Å². The van der Waals surface area contributed by atoms with Crippen LogP contribution in [0.1, 0.15) is 22.3 Å². The van der Waals surface area contributed by atoms with Crippen molar-refractivity contribution in [1.29, 1.82) is 0 Å². The van der Waals surface area contributed by atoms with Gasteiger partial charge in [0.05, 0.1) is 12.0 Å². The number of thioether (sulfide) groups is 1. The Morgan fingerprint density at radius 1 is 1.11 bits per heavy atom. The van der Waals surface area contributed by atoms with Crippen LogP contribution in [-0.2, 0) is 23.4 Å². The van der Waals surface area contributed by atoms with Gasteiger partial charge >= 0.3 is 0 Å². The van der Waals surface area contributed by atoms with Gasteiger partial charge in [-0.25, -0.2) is 5.43 Å². The van der Waals surface area contributed by atoms with Crippen LogP contribution in [-0.4, -0.2) is 17.9 Å². The zero-order valence-electron chi connectivity index (χ0n) is 14.7. The number of amides is 1. The van der Waals surface area contributed by atoms with Gasteiger partial charge in [-0.3, -0.25) is 4.79 Å². The van der Waals surface area contributed by atoms with Gasteiger partial charge in [-0.1, -0.05) is 58.4 Å². The normalized spacial score (nSPS) is 12.8. The lowest BCUT2D eigenvalue weighted by molar-refractivity contribution is -0.118.